The van der Waals surface area contributed by atoms with E-state index in [1.165, 1.54) is 25.2 Å². The number of benzene rings is 1. The van der Waals surface area contributed by atoms with Gasteiger partial charge in [0.1, 0.15) is 0 Å². The summed E-state index contributed by atoms with van der Waals surface area (Å²) in [6.45, 7) is 3.21. The minimum absolute atomic E-state index is 0.0254. The van der Waals surface area contributed by atoms with Crippen LogP contribution in [0.1, 0.15) is 43.5 Å². The summed E-state index contributed by atoms with van der Waals surface area (Å²) in [5.74, 6) is -5.32. The topological polar surface area (TPSA) is 160 Å². The number of carboxylic acids is 1. The van der Waals surface area contributed by atoms with Gasteiger partial charge in [0.05, 0.1) is 35.9 Å². The molecule has 1 aromatic carbocycles. The Morgan fingerprint density at radius 1 is 1.20 bits per heavy atom. The average molecular weight is 530 g/mol. The van der Waals surface area contributed by atoms with Gasteiger partial charge in [0, 0.05) is 12.1 Å². The molecule has 1 heterocycles. The van der Waals surface area contributed by atoms with Crippen LogP contribution in [0.25, 0.3) is 0 Å². The van der Waals surface area contributed by atoms with Crippen LogP contribution >= 0.6 is 23.2 Å². The van der Waals surface area contributed by atoms with Gasteiger partial charge in [0.15, 0.2) is 5.60 Å². The molecule has 35 heavy (non-hydrogen) atoms. The predicted molar refractivity (Wildman–Crippen MR) is 127 cm³/mol. The first-order valence-corrected chi connectivity index (χ1v) is 11.5. The van der Waals surface area contributed by atoms with Crippen molar-refractivity contribution in [3.8, 4) is 0 Å². The highest BCUT2D eigenvalue weighted by Crippen LogP contribution is 2.30. The Morgan fingerprint density at radius 2 is 1.89 bits per heavy atom. The van der Waals surface area contributed by atoms with E-state index in [9.17, 15) is 29.1 Å². The first kappa shape index (κ1) is 28.4. The van der Waals surface area contributed by atoms with E-state index in [2.05, 4.69) is 16.0 Å². The van der Waals surface area contributed by atoms with Gasteiger partial charge in [0.2, 0.25) is 11.8 Å². The van der Waals surface area contributed by atoms with Crippen molar-refractivity contribution in [2.75, 3.05) is 13.6 Å². The zero-order chi connectivity index (χ0) is 26.3. The van der Waals surface area contributed by atoms with Crippen molar-refractivity contribution in [2.45, 2.75) is 44.7 Å². The fraction of sp³-hybridized carbons (Fsp3) is 0.476. The summed E-state index contributed by atoms with van der Waals surface area (Å²) in [6, 6.07) is 4.31. The third kappa shape index (κ3) is 7.84. The summed E-state index contributed by atoms with van der Waals surface area (Å²) in [4.78, 5) is 61.2. The molecule has 0 aliphatic carbocycles. The summed E-state index contributed by atoms with van der Waals surface area (Å²) in [7, 11) is -0.148. The van der Waals surface area contributed by atoms with Crippen molar-refractivity contribution in [2.24, 2.45) is 5.92 Å². The number of hydrogen-bond acceptors (Lipinski definition) is 7. The fourth-order valence-corrected chi connectivity index (χ4v) is 3.82. The maximum atomic E-state index is 12.6. The predicted octanol–water partition coefficient (Wildman–Crippen LogP) is 1.20. The lowest BCUT2D eigenvalue weighted by atomic mass is 9.70. The molecule has 1 saturated heterocycles. The number of aliphatic carboxylic acids is 1. The lowest BCUT2D eigenvalue weighted by Gasteiger charge is -2.38. The minimum atomic E-state index is -2.16. The van der Waals surface area contributed by atoms with Crippen LogP contribution in [0.3, 0.4) is 0 Å². The second-order valence-electron chi connectivity index (χ2n) is 8.41. The monoisotopic (exact) mass is 529 g/mol. The zero-order valence-corrected chi connectivity index (χ0v) is 20.9. The molecule has 2 rings (SSSR count). The zero-order valence-electron chi connectivity index (χ0n) is 19.4. The fourth-order valence-electron chi connectivity index (χ4n) is 3.44. The molecule has 1 unspecified atom stereocenters. The van der Waals surface area contributed by atoms with Crippen LogP contribution in [-0.2, 0) is 28.5 Å². The van der Waals surface area contributed by atoms with Crippen molar-refractivity contribution >= 4 is 60.0 Å². The van der Waals surface area contributed by atoms with E-state index >= 15 is 0 Å². The molecule has 4 N–H and O–H groups in total. The van der Waals surface area contributed by atoms with E-state index in [-0.39, 0.29) is 27.9 Å². The number of carbonyl (C=O) groups excluding carboxylic acids is 4. The largest absolute Gasteiger partial charge is 0.552 e. The van der Waals surface area contributed by atoms with E-state index < -0.39 is 67.7 Å². The minimum Gasteiger partial charge on any atom is -0.508 e. The summed E-state index contributed by atoms with van der Waals surface area (Å²) >= 11 is 11.9. The molecule has 11 nitrogen and oxygen atoms in total. The molecule has 3 amide bonds. The van der Waals surface area contributed by atoms with Gasteiger partial charge >= 0.3 is 13.1 Å². The molecule has 1 aliphatic heterocycles. The molecular formula is C21H26BCl2N3O8. The van der Waals surface area contributed by atoms with Crippen LogP contribution in [0.5, 0.6) is 0 Å². The lowest BCUT2D eigenvalue weighted by Crippen LogP contribution is -2.62. The number of rotatable bonds is 10. The molecule has 1 fully saturated rings. The van der Waals surface area contributed by atoms with Crippen LogP contribution < -0.4 is 16.0 Å². The maximum absolute atomic E-state index is 12.6. The normalized spacial score (nSPS) is 18.5. The third-order valence-corrected chi connectivity index (χ3v) is 5.68. The quantitative estimate of drug-likeness (QED) is 0.329. The van der Waals surface area contributed by atoms with Crippen LogP contribution in [0.15, 0.2) is 18.2 Å². The molecule has 0 spiro atoms. The molecule has 0 radical (unpaired) electrons. The van der Waals surface area contributed by atoms with Crippen molar-refractivity contribution in [3.63, 3.8) is 0 Å². The highest BCUT2D eigenvalue weighted by molar-refractivity contribution is 6.50. The van der Waals surface area contributed by atoms with Crippen LogP contribution in [0.4, 0.5) is 0 Å². The Labute approximate surface area is 212 Å². The second kappa shape index (κ2) is 12.2. The first-order chi connectivity index (χ1) is 16.4. The number of carbonyl (C=O) groups is 5. The first-order valence-electron chi connectivity index (χ1n) is 10.7. The van der Waals surface area contributed by atoms with Crippen molar-refractivity contribution < 1.29 is 38.4 Å². The summed E-state index contributed by atoms with van der Waals surface area (Å²) in [5, 5.41) is 17.5. The van der Waals surface area contributed by atoms with Gasteiger partial charge in [-0.1, -0.05) is 37.0 Å². The third-order valence-electron chi connectivity index (χ3n) is 5.12. The average Bonchev–Trinajstić information content (AvgIpc) is 2.77. The van der Waals surface area contributed by atoms with Crippen LogP contribution in [0.2, 0.25) is 10.0 Å². The number of halogens is 2. The van der Waals surface area contributed by atoms with Crippen molar-refractivity contribution in [1.82, 2.24) is 16.0 Å². The highest BCUT2D eigenvalue weighted by Gasteiger charge is 2.54. The van der Waals surface area contributed by atoms with Gasteiger partial charge in [-0.05, 0) is 30.5 Å². The van der Waals surface area contributed by atoms with E-state index in [1.54, 1.807) is 0 Å². The van der Waals surface area contributed by atoms with Crippen LogP contribution in [-0.4, -0.2) is 67.0 Å². The molecule has 0 saturated carbocycles. The number of carboxylic acid groups (broad SMARTS) is 1. The number of hydrogen-bond donors (Lipinski definition) is 4. The lowest BCUT2D eigenvalue weighted by molar-refractivity contribution is -0.172. The van der Waals surface area contributed by atoms with Gasteiger partial charge in [-0.2, -0.15) is 0 Å². The SMILES string of the molecule is CNC(=O)CC1(C(=O)O)CC(=O)OB([C@H](CC(C)C)NC(=O)CNC(=O)c2cc(Cl)ccc2Cl)O1. The van der Waals surface area contributed by atoms with Crippen molar-refractivity contribution in [3.05, 3.63) is 33.8 Å². The molecular weight excluding hydrogens is 504 g/mol. The molecule has 190 valence electrons. The maximum Gasteiger partial charge on any atom is 0.552 e. The molecule has 0 bridgehead atoms. The molecule has 1 aliphatic rings. The molecule has 1 aromatic rings. The molecule has 2 atom stereocenters. The van der Waals surface area contributed by atoms with Gasteiger partial charge in [-0.15, -0.1) is 0 Å². The summed E-state index contributed by atoms with van der Waals surface area (Å²) < 4.78 is 10.8. The summed E-state index contributed by atoms with van der Waals surface area (Å²) in [6.07, 6.45) is -1.05. The van der Waals surface area contributed by atoms with Gasteiger partial charge < -0.3 is 30.4 Å². The van der Waals surface area contributed by atoms with Gasteiger partial charge in [-0.3, -0.25) is 19.2 Å². The second-order valence-corrected chi connectivity index (χ2v) is 9.26. The Morgan fingerprint density at radius 3 is 2.49 bits per heavy atom. The van der Waals surface area contributed by atoms with Gasteiger partial charge in [0.25, 0.3) is 11.9 Å². The van der Waals surface area contributed by atoms with Crippen LogP contribution in [0, 0.1) is 5.92 Å². The standard InChI is InChI=1S/C21H26BCl2N3O8/c1-11(2)6-15(22-34-18(30)9-21(35-22,20(32)33)8-16(28)25-3)27-17(29)10-26-19(31)13-7-12(23)4-5-14(13)24/h4-5,7,11,15H,6,8-10H2,1-3H3,(H,25,28)(H,26,31)(H,27,29)(H,32,33)/t15-,21?/m0/s1. The summed E-state index contributed by atoms with van der Waals surface area (Å²) in [5.41, 5.74) is -2.08. The Bertz CT molecular complexity index is 1010. The molecule has 14 heteroatoms. The van der Waals surface area contributed by atoms with E-state index in [0.29, 0.717) is 0 Å². The van der Waals surface area contributed by atoms with E-state index in [1.807, 2.05) is 13.8 Å². The van der Waals surface area contributed by atoms with E-state index in [4.69, 9.17) is 32.5 Å². The Balaban J connectivity index is 2.15. The number of amides is 3. The number of nitrogens with one attached hydrogen (secondary N) is 3. The van der Waals surface area contributed by atoms with E-state index in [0.717, 1.165) is 0 Å². The molecule has 0 aromatic heterocycles. The highest BCUT2D eigenvalue weighted by atomic mass is 35.5. The Kier molecular flexibility index (Phi) is 9.93. The van der Waals surface area contributed by atoms with Crippen molar-refractivity contribution in [1.29, 1.82) is 0 Å². The smallest absolute Gasteiger partial charge is 0.508 e. The Hall–Kier alpha value is -2.83. The van der Waals surface area contributed by atoms with Gasteiger partial charge in [-0.25, -0.2) is 4.79 Å².